The topological polar surface area (TPSA) is 76.1 Å². The van der Waals surface area contributed by atoms with Crippen molar-refractivity contribution in [2.24, 2.45) is 5.92 Å². The summed E-state index contributed by atoms with van der Waals surface area (Å²) >= 11 is 1.28. The minimum Gasteiger partial charge on any atom is -0.352 e. The highest BCUT2D eigenvalue weighted by molar-refractivity contribution is 8.00. The highest BCUT2D eigenvalue weighted by atomic mass is 32.2. The number of hydrogen-bond donors (Lipinski definition) is 1. The quantitative estimate of drug-likeness (QED) is 0.715. The van der Waals surface area contributed by atoms with E-state index in [4.69, 9.17) is 0 Å². The van der Waals surface area contributed by atoms with Crippen molar-refractivity contribution < 1.29 is 13.2 Å². The zero-order chi connectivity index (χ0) is 18.3. The molecule has 0 aliphatic heterocycles. The lowest BCUT2D eigenvalue weighted by molar-refractivity contribution is 0.0945. The van der Waals surface area contributed by atoms with Gasteiger partial charge in [-0.3, -0.25) is 4.79 Å². The molecule has 25 heavy (non-hydrogen) atoms. The van der Waals surface area contributed by atoms with E-state index in [1.165, 1.54) is 11.8 Å². The van der Waals surface area contributed by atoms with Crippen LogP contribution in [0.1, 0.15) is 24.2 Å². The van der Waals surface area contributed by atoms with E-state index in [0.717, 1.165) is 0 Å². The number of pyridine rings is 1. The summed E-state index contributed by atoms with van der Waals surface area (Å²) in [5.41, 5.74) is 0.477. The molecule has 0 spiro atoms. The number of thioether (sulfide) groups is 1. The molecule has 0 aliphatic rings. The number of sulfone groups is 1. The number of aromatic nitrogens is 1. The van der Waals surface area contributed by atoms with Crippen LogP contribution >= 0.6 is 11.8 Å². The molecule has 0 unspecified atom stereocenters. The maximum atomic E-state index is 12.3. The van der Waals surface area contributed by atoms with E-state index >= 15 is 0 Å². The number of carbonyl (C=O) groups is 1. The average Bonchev–Trinajstić information content (AvgIpc) is 2.60. The summed E-state index contributed by atoms with van der Waals surface area (Å²) in [7, 11) is -3.33. The van der Waals surface area contributed by atoms with Gasteiger partial charge in [0.25, 0.3) is 5.91 Å². The molecule has 0 bridgehead atoms. The second-order valence-corrected chi connectivity index (χ2v) is 9.13. The minimum absolute atomic E-state index is 0.00862. The molecular weight excluding hydrogens is 356 g/mol. The molecule has 1 aromatic carbocycles. The number of rotatable bonds is 8. The van der Waals surface area contributed by atoms with Crippen molar-refractivity contribution in [2.45, 2.75) is 23.8 Å². The van der Waals surface area contributed by atoms with Gasteiger partial charge in [-0.25, -0.2) is 13.4 Å². The Labute approximate surface area is 153 Å². The molecule has 1 heterocycles. The summed E-state index contributed by atoms with van der Waals surface area (Å²) in [4.78, 5) is 16.8. The Morgan fingerprint density at radius 1 is 1.16 bits per heavy atom. The maximum absolute atomic E-state index is 12.3. The summed E-state index contributed by atoms with van der Waals surface area (Å²) in [5, 5.41) is 3.41. The number of carbonyl (C=O) groups excluding carboxylic acids is 1. The van der Waals surface area contributed by atoms with Gasteiger partial charge in [-0.2, -0.15) is 0 Å². The molecule has 134 valence electrons. The van der Waals surface area contributed by atoms with Crippen molar-refractivity contribution in [1.29, 1.82) is 0 Å². The normalized spacial score (nSPS) is 11.5. The summed E-state index contributed by atoms with van der Waals surface area (Å²) < 4.78 is 24.6. The van der Waals surface area contributed by atoms with Crippen molar-refractivity contribution in [3.05, 3.63) is 54.2 Å². The molecular formula is C18H22N2O3S2. The molecule has 1 amide bonds. The Hall–Kier alpha value is -1.86. The van der Waals surface area contributed by atoms with Gasteiger partial charge in [-0.1, -0.05) is 32.0 Å². The Bertz CT molecular complexity index is 806. The van der Waals surface area contributed by atoms with E-state index in [1.54, 1.807) is 48.7 Å². The molecule has 5 nitrogen and oxygen atoms in total. The molecule has 1 N–H and O–H groups in total. The molecule has 0 radical (unpaired) electrons. The molecule has 0 saturated heterocycles. The fourth-order valence-electron chi connectivity index (χ4n) is 2.06. The van der Waals surface area contributed by atoms with Gasteiger partial charge in [0.2, 0.25) is 0 Å². The Kier molecular flexibility index (Phi) is 7.01. The first-order chi connectivity index (χ1) is 11.9. The number of hydrogen-bond acceptors (Lipinski definition) is 5. The minimum atomic E-state index is -3.33. The zero-order valence-electron chi connectivity index (χ0n) is 14.3. The van der Waals surface area contributed by atoms with Gasteiger partial charge < -0.3 is 5.32 Å². The monoisotopic (exact) mass is 378 g/mol. The van der Waals surface area contributed by atoms with Crippen molar-refractivity contribution in [3.63, 3.8) is 0 Å². The highest BCUT2D eigenvalue weighted by Gasteiger charge is 2.16. The van der Waals surface area contributed by atoms with Crippen LogP contribution in [0.5, 0.6) is 0 Å². The van der Waals surface area contributed by atoms with Crippen LogP contribution in [0.4, 0.5) is 0 Å². The molecule has 7 heteroatoms. The third-order valence-electron chi connectivity index (χ3n) is 3.38. The number of benzene rings is 1. The van der Waals surface area contributed by atoms with Crippen molar-refractivity contribution in [3.8, 4) is 0 Å². The van der Waals surface area contributed by atoms with Crippen molar-refractivity contribution in [2.75, 3.05) is 18.1 Å². The molecule has 0 saturated carbocycles. The number of nitrogens with one attached hydrogen (secondary N) is 1. The summed E-state index contributed by atoms with van der Waals surface area (Å²) in [6.07, 6.45) is 1.60. The lowest BCUT2D eigenvalue weighted by Gasteiger charge is -2.10. The predicted octanol–water partition coefficient (Wildman–Crippen LogP) is 3.03. The van der Waals surface area contributed by atoms with E-state index in [1.807, 2.05) is 13.8 Å². The van der Waals surface area contributed by atoms with E-state index in [0.29, 0.717) is 33.7 Å². The van der Waals surface area contributed by atoms with E-state index in [9.17, 15) is 13.2 Å². The Morgan fingerprint density at radius 2 is 1.88 bits per heavy atom. The van der Waals surface area contributed by atoms with E-state index in [2.05, 4.69) is 10.3 Å². The number of nitrogens with zero attached hydrogens (tertiary/aromatic N) is 1. The van der Waals surface area contributed by atoms with Crippen LogP contribution in [0.3, 0.4) is 0 Å². The molecule has 0 atom stereocenters. The van der Waals surface area contributed by atoms with Crippen molar-refractivity contribution in [1.82, 2.24) is 10.3 Å². The fraction of sp³-hybridized carbons (Fsp3) is 0.333. The first-order valence-corrected chi connectivity index (χ1v) is 10.7. The SMILES string of the molecule is CC(C)CNC(=O)c1cccnc1SCCS(=O)(=O)c1ccccc1. The lowest BCUT2D eigenvalue weighted by atomic mass is 10.2. The van der Waals surface area contributed by atoms with Crippen LogP contribution in [0.2, 0.25) is 0 Å². The highest BCUT2D eigenvalue weighted by Crippen LogP contribution is 2.21. The van der Waals surface area contributed by atoms with Crippen molar-refractivity contribution >= 4 is 27.5 Å². The third-order valence-corrected chi connectivity index (χ3v) is 6.38. The van der Waals surface area contributed by atoms with E-state index < -0.39 is 9.84 Å². The summed E-state index contributed by atoms with van der Waals surface area (Å²) in [5.74, 6) is 0.493. The molecule has 1 aromatic heterocycles. The smallest absolute Gasteiger partial charge is 0.254 e. The van der Waals surface area contributed by atoms with Crippen LogP contribution in [-0.4, -0.2) is 37.4 Å². The molecule has 2 aromatic rings. The number of amides is 1. The van der Waals surface area contributed by atoms with Crippen LogP contribution in [-0.2, 0) is 9.84 Å². The Morgan fingerprint density at radius 3 is 2.56 bits per heavy atom. The maximum Gasteiger partial charge on any atom is 0.254 e. The third kappa shape index (κ3) is 5.86. The van der Waals surface area contributed by atoms with Gasteiger partial charge in [0.05, 0.1) is 16.2 Å². The van der Waals surface area contributed by atoms with Gasteiger partial charge in [0.15, 0.2) is 9.84 Å². The fourth-order valence-corrected chi connectivity index (χ4v) is 4.73. The predicted molar refractivity (Wildman–Crippen MR) is 101 cm³/mol. The molecule has 2 rings (SSSR count). The zero-order valence-corrected chi connectivity index (χ0v) is 15.9. The Balaban J connectivity index is 2.01. The van der Waals surface area contributed by atoms with Gasteiger partial charge in [0.1, 0.15) is 5.03 Å². The van der Waals surface area contributed by atoms with Gasteiger partial charge >= 0.3 is 0 Å². The van der Waals surface area contributed by atoms with Crippen LogP contribution in [0, 0.1) is 5.92 Å². The van der Waals surface area contributed by atoms with Gasteiger partial charge in [0, 0.05) is 18.5 Å². The van der Waals surface area contributed by atoms with Gasteiger partial charge in [-0.15, -0.1) is 11.8 Å². The largest absolute Gasteiger partial charge is 0.352 e. The molecule has 0 aliphatic carbocycles. The van der Waals surface area contributed by atoms with E-state index in [-0.39, 0.29) is 11.7 Å². The molecule has 0 fully saturated rings. The summed E-state index contributed by atoms with van der Waals surface area (Å²) in [6, 6.07) is 11.8. The standard InChI is InChI=1S/C18H22N2O3S2/c1-14(2)13-20-17(21)16-9-6-10-19-18(16)24-11-12-25(22,23)15-7-4-3-5-8-15/h3-10,14H,11-13H2,1-2H3,(H,20,21). The lowest BCUT2D eigenvalue weighted by Crippen LogP contribution is -2.28. The van der Waals surface area contributed by atoms with Crippen LogP contribution in [0.15, 0.2) is 58.6 Å². The summed E-state index contributed by atoms with van der Waals surface area (Å²) in [6.45, 7) is 4.63. The first-order valence-electron chi connectivity index (χ1n) is 8.04. The van der Waals surface area contributed by atoms with Crippen LogP contribution < -0.4 is 5.32 Å². The first kappa shape index (κ1) is 19.5. The average molecular weight is 379 g/mol. The second kappa shape index (κ2) is 9.01. The van der Waals surface area contributed by atoms with Crippen LogP contribution in [0.25, 0.3) is 0 Å². The second-order valence-electron chi connectivity index (χ2n) is 5.94. The van der Waals surface area contributed by atoms with Gasteiger partial charge in [-0.05, 0) is 30.2 Å².